The van der Waals surface area contributed by atoms with E-state index in [1.165, 1.54) is 27.6 Å². The van der Waals surface area contributed by atoms with E-state index in [-0.39, 0.29) is 17.4 Å². The van der Waals surface area contributed by atoms with Gasteiger partial charge >= 0.3 is 0 Å². The van der Waals surface area contributed by atoms with E-state index in [4.69, 9.17) is 0 Å². The largest absolute Gasteiger partial charge is 0.361 e. The van der Waals surface area contributed by atoms with Crippen LogP contribution in [0.1, 0.15) is 31.9 Å². The zero-order valence-corrected chi connectivity index (χ0v) is 15.6. The maximum atomic E-state index is 13.0. The Labute approximate surface area is 149 Å². The van der Waals surface area contributed by atoms with Gasteiger partial charge in [-0.1, -0.05) is 18.2 Å². The number of benzene rings is 1. The minimum absolute atomic E-state index is 0.0521. The predicted octanol–water partition coefficient (Wildman–Crippen LogP) is 3.30. The number of amides is 1. The summed E-state index contributed by atoms with van der Waals surface area (Å²) in [4.78, 5) is 20.7. The summed E-state index contributed by atoms with van der Waals surface area (Å²) in [7, 11) is 2.16. The van der Waals surface area contributed by atoms with Gasteiger partial charge in [0.05, 0.1) is 5.92 Å². The number of fused-ring (bicyclic) bond motifs is 2. The number of likely N-dealkylation sites (N-methyl/N-ethyl adjacent to an activating group) is 1. The summed E-state index contributed by atoms with van der Waals surface area (Å²) in [6.45, 7) is 8.75. The molecule has 0 radical (unpaired) electrons. The number of aromatic amines is 1. The Morgan fingerprint density at radius 2 is 2.12 bits per heavy atom. The van der Waals surface area contributed by atoms with Crippen LogP contribution in [-0.4, -0.2) is 52.9 Å². The Morgan fingerprint density at radius 3 is 2.84 bits per heavy atom. The van der Waals surface area contributed by atoms with Gasteiger partial charge in [-0.2, -0.15) is 0 Å². The van der Waals surface area contributed by atoms with E-state index >= 15 is 0 Å². The lowest BCUT2D eigenvalue weighted by Crippen LogP contribution is -2.54. The fraction of sp³-hybridized carbons (Fsp3) is 0.476. The van der Waals surface area contributed by atoms with Crippen molar-refractivity contribution in [2.75, 3.05) is 26.7 Å². The first-order valence-electron chi connectivity index (χ1n) is 9.31. The van der Waals surface area contributed by atoms with Crippen molar-refractivity contribution in [3.63, 3.8) is 0 Å². The van der Waals surface area contributed by atoms with Crippen LogP contribution in [0.15, 0.2) is 30.5 Å². The van der Waals surface area contributed by atoms with Crippen molar-refractivity contribution < 1.29 is 4.79 Å². The van der Waals surface area contributed by atoms with Gasteiger partial charge in [-0.05, 0) is 57.0 Å². The van der Waals surface area contributed by atoms with Crippen LogP contribution >= 0.6 is 0 Å². The average Bonchev–Trinajstić information content (AvgIpc) is 3.01. The van der Waals surface area contributed by atoms with E-state index in [0.717, 1.165) is 26.1 Å². The topological polar surface area (TPSA) is 39.3 Å². The van der Waals surface area contributed by atoms with Gasteiger partial charge in [0.15, 0.2) is 0 Å². The molecule has 4 nitrogen and oxygen atoms in total. The van der Waals surface area contributed by atoms with Crippen molar-refractivity contribution in [2.45, 2.75) is 32.7 Å². The number of rotatable bonds is 3. The molecule has 0 spiro atoms. The molecular formula is C21H27N3O. The second kappa shape index (κ2) is 5.73. The minimum atomic E-state index is -0.0660. The summed E-state index contributed by atoms with van der Waals surface area (Å²) in [5.41, 5.74) is 5.11. The molecule has 2 aliphatic rings. The van der Waals surface area contributed by atoms with Crippen LogP contribution in [0.2, 0.25) is 0 Å². The Kier molecular flexibility index (Phi) is 3.76. The number of H-pyrrole nitrogens is 1. The highest BCUT2D eigenvalue weighted by molar-refractivity contribution is 6.00. The molecular weight excluding hydrogens is 310 g/mol. The lowest BCUT2D eigenvalue weighted by Gasteiger charge is -2.48. The number of hydrogen-bond donors (Lipinski definition) is 1. The van der Waals surface area contributed by atoms with Crippen molar-refractivity contribution in [1.29, 1.82) is 0 Å². The summed E-state index contributed by atoms with van der Waals surface area (Å²) in [6, 6.07) is 6.46. The van der Waals surface area contributed by atoms with Crippen LogP contribution in [0.25, 0.3) is 16.5 Å². The van der Waals surface area contributed by atoms with Gasteiger partial charge in [0, 0.05) is 42.3 Å². The third-order valence-corrected chi connectivity index (χ3v) is 6.27. The lowest BCUT2D eigenvalue weighted by molar-refractivity contribution is -0.134. The second-order valence-corrected chi connectivity index (χ2v) is 7.57. The molecule has 4 heteroatoms. The van der Waals surface area contributed by atoms with E-state index < -0.39 is 0 Å². The molecule has 1 aromatic heterocycles. The van der Waals surface area contributed by atoms with Crippen LogP contribution < -0.4 is 0 Å². The van der Waals surface area contributed by atoms with Crippen molar-refractivity contribution in [1.82, 2.24) is 14.8 Å². The summed E-state index contributed by atoms with van der Waals surface area (Å²) in [5, 5.41) is 1.33. The van der Waals surface area contributed by atoms with Gasteiger partial charge in [0.2, 0.25) is 5.91 Å². The Hall–Kier alpha value is -2.07. The molecule has 1 unspecified atom stereocenters. The van der Waals surface area contributed by atoms with Gasteiger partial charge in [-0.25, -0.2) is 0 Å². The SMILES string of the molecule is CCN(CC)C(=O)[C@@H]1C=C2c3cccc4[nH]cc(c34)CC2(C)N(C)C1. The van der Waals surface area contributed by atoms with E-state index in [0.29, 0.717) is 0 Å². The molecule has 2 aromatic rings. The van der Waals surface area contributed by atoms with E-state index in [1.54, 1.807) is 0 Å². The highest BCUT2D eigenvalue weighted by Gasteiger charge is 2.44. The molecule has 1 aliphatic carbocycles. The highest BCUT2D eigenvalue weighted by Crippen LogP contribution is 2.47. The summed E-state index contributed by atoms with van der Waals surface area (Å²) >= 11 is 0. The maximum Gasteiger partial charge on any atom is 0.230 e. The van der Waals surface area contributed by atoms with Crippen molar-refractivity contribution >= 4 is 22.4 Å². The molecule has 1 amide bonds. The third kappa shape index (κ3) is 2.27. The molecule has 0 saturated heterocycles. The number of carbonyl (C=O) groups excluding carboxylic acids is 1. The Morgan fingerprint density at radius 1 is 1.36 bits per heavy atom. The molecule has 2 atom stereocenters. The molecule has 132 valence electrons. The number of aromatic nitrogens is 1. The van der Waals surface area contributed by atoms with Gasteiger partial charge in [-0.3, -0.25) is 9.69 Å². The Bertz CT molecular complexity index is 861. The van der Waals surface area contributed by atoms with Crippen LogP contribution in [0, 0.1) is 5.92 Å². The molecule has 2 heterocycles. The molecule has 0 fully saturated rings. The number of carbonyl (C=O) groups is 1. The zero-order chi connectivity index (χ0) is 17.8. The summed E-state index contributed by atoms with van der Waals surface area (Å²) in [6.07, 6.45) is 5.39. The van der Waals surface area contributed by atoms with E-state index in [9.17, 15) is 4.79 Å². The van der Waals surface area contributed by atoms with E-state index in [2.05, 4.69) is 68.2 Å². The standard InChI is InChI=1S/C21H27N3O/c1-5-24(6-2)20(25)14-10-17-16-8-7-9-18-19(16)15(12-22-18)11-21(17,3)23(4)13-14/h7-10,12,14,22H,5-6,11,13H2,1-4H3/t14-,21?/m1/s1. The monoisotopic (exact) mass is 337 g/mol. The number of nitrogens with one attached hydrogen (secondary N) is 1. The Balaban J connectivity index is 1.86. The third-order valence-electron chi connectivity index (χ3n) is 6.27. The highest BCUT2D eigenvalue weighted by atomic mass is 16.2. The van der Waals surface area contributed by atoms with Gasteiger partial charge in [0.1, 0.15) is 0 Å². The molecule has 1 aromatic carbocycles. The first-order chi connectivity index (χ1) is 12.0. The summed E-state index contributed by atoms with van der Waals surface area (Å²) in [5.74, 6) is 0.183. The molecule has 0 bridgehead atoms. The minimum Gasteiger partial charge on any atom is -0.361 e. The smallest absolute Gasteiger partial charge is 0.230 e. The fourth-order valence-corrected chi connectivity index (χ4v) is 4.66. The number of hydrogen-bond acceptors (Lipinski definition) is 2. The molecule has 4 rings (SSSR count). The van der Waals surface area contributed by atoms with Crippen LogP contribution in [0.3, 0.4) is 0 Å². The first kappa shape index (κ1) is 16.4. The molecule has 1 N–H and O–H groups in total. The van der Waals surface area contributed by atoms with E-state index in [1.807, 2.05) is 4.90 Å². The van der Waals surface area contributed by atoms with Gasteiger partial charge in [-0.15, -0.1) is 0 Å². The normalized spacial score (nSPS) is 25.6. The van der Waals surface area contributed by atoms with Crippen LogP contribution in [-0.2, 0) is 11.2 Å². The van der Waals surface area contributed by atoms with Crippen molar-refractivity contribution in [3.8, 4) is 0 Å². The molecule has 0 saturated carbocycles. The second-order valence-electron chi connectivity index (χ2n) is 7.57. The molecule has 1 aliphatic heterocycles. The quantitative estimate of drug-likeness (QED) is 0.933. The average molecular weight is 337 g/mol. The van der Waals surface area contributed by atoms with Gasteiger partial charge in [0.25, 0.3) is 0 Å². The zero-order valence-electron chi connectivity index (χ0n) is 15.6. The fourth-order valence-electron chi connectivity index (χ4n) is 4.66. The van der Waals surface area contributed by atoms with Crippen LogP contribution in [0.4, 0.5) is 0 Å². The number of nitrogens with zero attached hydrogens (tertiary/aromatic N) is 2. The lowest BCUT2D eigenvalue weighted by atomic mass is 9.71. The molecule has 25 heavy (non-hydrogen) atoms. The van der Waals surface area contributed by atoms with Gasteiger partial charge < -0.3 is 9.88 Å². The van der Waals surface area contributed by atoms with Crippen LogP contribution in [0.5, 0.6) is 0 Å². The first-order valence-corrected chi connectivity index (χ1v) is 9.31. The van der Waals surface area contributed by atoms with Crippen molar-refractivity contribution in [3.05, 3.63) is 41.6 Å². The summed E-state index contributed by atoms with van der Waals surface area (Å²) < 4.78 is 0. The predicted molar refractivity (Wildman–Crippen MR) is 102 cm³/mol. The van der Waals surface area contributed by atoms with Crippen molar-refractivity contribution in [2.24, 2.45) is 5.92 Å². The maximum absolute atomic E-state index is 13.0.